The molecule has 0 aliphatic heterocycles. The summed E-state index contributed by atoms with van der Waals surface area (Å²) < 4.78 is 0. The molecule has 0 atom stereocenters. The van der Waals surface area contributed by atoms with E-state index in [9.17, 15) is 4.79 Å². The van der Waals surface area contributed by atoms with Gasteiger partial charge in [0, 0.05) is 0 Å². The molecular weight excluding hydrogens is 148 g/mol. The number of isocyanates is 1. The summed E-state index contributed by atoms with van der Waals surface area (Å²) in [5.74, 6) is 0. The minimum absolute atomic E-state index is 0.660. The highest BCUT2D eigenvalue weighted by atomic mass is 32.1. The van der Waals surface area contributed by atoms with Crippen LogP contribution in [0.4, 0.5) is 5.00 Å². The Hall–Kier alpha value is -0.990. The second-order valence-electron chi connectivity index (χ2n) is 1.83. The maximum atomic E-state index is 9.82. The van der Waals surface area contributed by atoms with Gasteiger partial charge in [-0.05, 0) is 13.8 Å². The molecule has 0 aromatic carbocycles. The minimum atomic E-state index is 0.660. The van der Waals surface area contributed by atoms with Crippen LogP contribution in [-0.4, -0.2) is 11.1 Å². The van der Waals surface area contributed by atoms with E-state index in [1.807, 2.05) is 13.8 Å². The average molecular weight is 154 g/mol. The first-order valence-corrected chi connectivity index (χ1v) is 3.57. The Bertz CT molecular complexity index is 286. The number of aryl methyl sites for hydroxylation is 2. The van der Waals surface area contributed by atoms with Gasteiger partial charge in [-0.1, -0.05) is 11.3 Å². The van der Waals surface area contributed by atoms with E-state index in [4.69, 9.17) is 0 Å². The molecule has 0 bridgehead atoms. The van der Waals surface area contributed by atoms with Crippen LogP contribution in [0.15, 0.2) is 4.99 Å². The van der Waals surface area contributed by atoms with Gasteiger partial charge in [0.05, 0.1) is 10.7 Å². The SMILES string of the molecule is Cc1nc(C)c(N=C=O)s1. The van der Waals surface area contributed by atoms with Crippen molar-refractivity contribution >= 4 is 22.4 Å². The standard InChI is InChI=1S/C6H6N2OS/c1-4-6(7-3-9)10-5(2)8-4/h1-2H3. The fraction of sp³-hybridized carbons (Fsp3) is 0.333. The molecule has 1 rings (SSSR count). The van der Waals surface area contributed by atoms with Crippen molar-refractivity contribution in [2.24, 2.45) is 4.99 Å². The molecule has 0 amide bonds. The highest BCUT2D eigenvalue weighted by molar-refractivity contribution is 7.15. The summed E-state index contributed by atoms with van der Waals surface area (Å²) in [5, 5.41) is 1.58. The third-order valence-corrected chi connectivity index (χ3v) is 1.99. The molecule has 0 aliphatic carbocycles. The summed E-state index contributed by atoms with van der Waals surface area (Å²) >= 11 is 1.40. The number of hydrogen-bond donors (Lipinski definition) is 0. The molecule has 0 saturated heterocycles. The van der Waals surface area contributed by atoms with Crippen LogP contribution in [0.25, 0.3) is 0 Å². The van der Waals surface area contributed by atoms with E-state index in [-0.39, 0.29) is 0 Å². The number of hydrogen-bond acceptors (Lipinski definition) is 4. The number of nitrogens with zero attached hydrogens (tertiary/aromatic N) is 2. The van der Waals surface area contributed by atoms with Gasteiger partial charge in [0.15, 0.2) is 5.00 Å². The predicted molar refractivity (Wildman–Crippen MR) is 39.4 cm³/mol. The van der Waals surface area contributed by atoms with Gasteiger partial charge in [-0.15, -0.1) is 0 Å². The Balaban J connectivity index is 3.14. The lowest BCUT2D eigenvalue weighted by Crippen LogP contribution is -1.69. The van der Waals surface area contributed by atoms with Crippen LogP contribution in [0.3, 0.4) is 0 Å². The highest BCUT2D eigenvalue weighted by Gasteiger charge is 2.00. The molecule has 3 nitrogen and oxygen atoms in total. The minimum Gasteiger partial charge on any atom is -0.244 e. The van der Waals surface area contributed by atoms with Gasteiger partial charge in [0.1, 0.15) is 0 Å². The van der Waals surface area contributed by atoms with Crippen LogP contribution in [-0.2, 0) is 4.79 Å². The Morgan fingerprint density at radius 3 is 2.70 bits per heavy atom. The zero-order valence-electron chi connectivity index (χ0n) is 5.71. The summed E-state index contributed by atoms with van der Waals surface area (Å²) in [7, 11) is 0. The zero-order chi connectivity index (χ0) is 7.56. The summed E-state index contributed by atoms with van der Waals surface area (Å²) in [6.45, 7) is 3.70. The third kappa shape index (κ3) is 1.29. The molecule has 4 heteroatoms. The number of rotatable bonds is 1. The van der Waals surface area contributed by atoms with Gasteiger partial charge in [0.25, 0.3) is 0 Å². The van der Waals surface area contributed by atoms with Crippen LogP contribution < -0.4 is 0 Å². The molecular formula is C6H6N2OS. The van der Waals surface area contributed by atoms with E-state index in [0.717, 1.165) is 10.7 Å². The van der Waals surface area contributed by atoms with Crippen molar-refractivity contribution in [2.75, 3.05) is 0 Å². The maximum absolute atomic E-state index is 9.82. The van der Waals surface area contributed by atoms with Crippen molar-refractivity contribution in [3.05, 3.63) is 10.7 Å². The molecule has 0 radical (unpaired) electrons. The van der Waals surface area contributed by atoms with Crippen LogP contribution in [0, 0.1) is 13.8 Å². The molecule has 1 aromatic rings. The molecule has 10 heavy (non-hydrogen) atoms. The van der Waals surface area contributed by atoms with Gasteiger partial charge < -0.3 is 0 Å². The van der Waals surface area contributed by atoms with Gasteiger partial charge in [-0.25, -0.2) is 9.78 Å². The first-order valence-electron chi connectivity index (χ1n) is 2.76. The Kier molecular flexibility index (Phi) is 1.94. The van der Waals surface area contributed by atoms with Crippen LogP contribution in [0.5, 0.6) is 0 Å². The second kappa shape index (κ2) is 2.73. The van der Waals surface area contributed by atoms with Gasteiger partial charge in [-0.3, -0.25) is 0 Å². The summed E-state index contributed by atoms with van der Waals surface area (Å²) in [6.07, 6.45) is 1.48. The van der Waals surface area contributed by atoms with Crippen LogP contribution >= 0.6 is 11.3 Å². The van der Waals surface area contributed by atoms with E-state index in [0.29, 0.717) is 5.00 Å². The molecule has 1 aromatic heterocycles. The lowest BCUT2D eigenvalue weighted by atomic mass is 10.5. The monoisotopic (exact) mass is 154 g/mol. The predicted octanol–water partition coefficient (Wildman–Crippen LogP) is 1.73. The molecule has 0 aliphatic rings. The van der Waals surface area contributed by atoms with Crippen LogP contribution in [0.1, 0.15) is 10.7 Å². The molecule has 1 heterocycles. The number of carbonyl (C=O) groups excluding carboxylic acids is 1. The first-order chi connectivity index (χ1) is 4.74. The van der Waals surface area contributed by atoms with Crippen molar-refractivity contribution in [2.45, 2.75) is 13.8 Å². The first kappa shape index (κ1) is 7.12. The van der Waals surface area contributed by atoms with Crippen molar-refractivity contribution < 1.29 is 4.79 Å². The van der Waals surface area contributed by atoms with E-state index in [1.54, 1.807) is 0 Å². The van der Waals surface area contributed by atoms with Crippen molar-refractivity contribution in [1.29, 1.82) is 0 Å². The molecule has 52 valence electrons. The number of thiazole rings is 1. The summed E-state index contributed by atoms with van der Waals surface area (Å²) in [5.41, 5.74) is 0.797. The highest BCUT2D eigenvalue weighted by Crippen LogP contribution is 2.25. The summed E-state index contributed by atoms with van der Waals surface area (Å²) in [4.78, 5) is 17.4. The quantitative estimate of drug-likeness (QED) is 0.456. The van der Waals surface area contributed by atoms with E-state index in [2.05, 4.69) is 9.98 Å². The van der Waals surface area contributed by atoms with Gasteiger partial charge >= 0.3 is 0 Å². The van der Waals surface area contributed by atoms with Crippen molar-refractivity contribution in [3.63, 3.8) is 0 Å². The maximum Gasteiger partial charge on any atom is 0.241 e. The Morgan fingerprint density at radius 2 is 2.30 bits per heavy atom. The van der Waals surface area contributed by atoms with Gasteiger partial charge in [-0.2, -0.15) is 4.99 Å². The average Bonchev–Trinajstić information content (AvgIpc) is 2.13. The fourth-order valence-electron chi connectivity index (χ4n) is 0.666. The fourth-order valence-corrected chi connectivity index (χ4v) is 1.40. The van der Waals surface area contributed by atoms with E-state index >= 15 is 0 Å². The van der Waals surface area contributed by atoms with Crippen molar-refractivity contribution in [1.82, 2.24) is 4.98 Å². The Labute approximate surface area is 62.4 Å². The molecule has 0 fully saturated rings. The number of aromatic nitrogens is 1. The van der Waals surface area contributed by atoms with Gasteiger partial charge in [0.2, 0.25) is 6.08 Å². The smallest absolute Gasteiger partial charge is 0.241 e. The lowest BCUT2D eigenvalue weighted by Gasteiger charge is -1.78. The normalized spacial score (nSPS) is 9.00. The van der Waals surface area contributed by atoms with Crippen molar-refractivity contribution in [3.8, 4) is 0 Å². The second-order valence-corrected chi connectivity index (χ2v) is 3.01. The lowest BCUT2D eigenvalue weighted by molar-refractivity contribution is 0.565. The van der Waals surface area contributed by atoms with E-state index < -0.39 is 0 Å². The molecule has 0 unspecified atom stereocenters. The Morgan fingerprint density at radius 1 is 1.60 bits per heavy atom. The molecule has 0 N–H and O–H groups in total. The van der Waals surface area contributed by atoms with E-state index in [1.165, 1.54) is 17.4 Å². The number of aliphatic imine (C=N–C) groups is 1. The van der Waals surface area contributed by atoms with Crippen LogP contribution in [0.2, 0.25) is 0 Å². The molecule has 0 saturated carbocycles. The largest absolute Gasteiger partial charge is 0.244 e. The molecule has 0 spiro atoms. The third-order valence-electron chi connectivity index (χ3n) is 1.03. The summed E-state index contributed by atoms with van der Waals surface area (Å²) in [6, 6.07) is 0. The topological polar surface area (TPSA) is 42.3 Å². The zero-order valence-corrected chi connectivity index (χ0v) is 6.53.